The standard InChI is InChI=1S/C14H14O5S/c1-17-12-5-4-10-11(15)8-9(6-7-20(3)16)19-13(10)14(12)18-2/h4-8H,1-3H3/b7-6+. The van der Waals surface area contributed by atoms with E-state index < -0.39 is 10.8 Å². The largest absolute Gasteiger partial charge is 0.493 e. The number of methoxy groups -OCH3 is 2. The Balaban J connectivity index is 2.73. The van der Waals surface area contributed by atoms with Crippen molar-refractivity contribution in [1.29, 1.82) is 0 Å². The van der Waals surface area contributed by atoms with Crippen molar-refractivity contribution in [2.75, 3.05) is 20.5 Å². The Morgan fingerprint density at radius 2 is 2.00 bits per heavy atom. The SMILES string of the molecule is COc1ccc2c(=O)cc(/C=C/S(C)=O)oc2c1OC. The molecular weight excluding hydrogens is 280 g/mol. The molecule has 0 amide bonds. The minimum absolute atomic E-state index is 0.200. The van der Waals surface area contributed by atoms with Gasteiger partial charge < -0.3 is 13.9 Å². The third kappa shape index (κ3) is 2.75. The van der Waals surface area contributed by atoms with Crippen LogP contribution in [0.2, 0.25) is 0 Å². The molecule has 1 aromatic carbocycles. The van der Waals surface area contributed by atoms with Gasteiger partial charge in [0.25, 0.3) is 0 Å². The molecule has 1 unspecified atom stereocenters. The molecule has 0 bridgehead atoms. The summed E-state index contributed by atoms with van der Waals surface area (Å²) in [5.74, 6) is 1.14. The van der Waals surface area contributed by atoms with E-state index in [-0.39, 0.29) is 5.43 Å². The maximum Gasteiger partial charge on any atom is 0.204 e. The normalized spacial score (nSPS) is 12.8. The first-order valence-corrected chi connectivity index (χ1v) is 7.38. The topological polar surface area (TPSA) is 65.7 Å². The molecule has 2 aromatic rings. The third-order valence-corrected chi connectivity index (χ3v) is 3.20. The van der Waals surface area contributed by atoms with Gasteiger partial charge in [-0.3, -0.25) is 9.00 Å². The highest BCUT2D eigenvalue weighted by molar-refractivity contribution is 7.87. The summed E-state index contributed by atoms with van der Waals surface area (Å²) >= 11 is 0. The summed E-state index contributed by atoms with van der Waals surface area (Å²) in [6.07, 6.45) is 3.02. The maximum absolute atomic E-state index is 12.0. The molecular formula is C14H14O5S. The predicted molar refractivity (Wildman–Crippen MR) is 78.7 cm³/mol. The average molecular weight is 294 g/mol. The van der Waals surface area contributed by atoms with E-state index in [1.807, 2.05) is 0 Å². The lowest BCUT2D eigenvalue weighted by Gasteiger charge is -2.09. The van der Waals surface area contributed by atoms with Crippen molar-refractivity contribution >= 4 is 27.8 Å². The van der Waals surface area contributed by atoms with Crippen molar-refractivity contribution in [3.63, 3.8) is 0 Å². The van der Waals surface area contributed by atoms with Crippen molar-refractivity contribution in [2.45, 2.75) is 0 Å². The van der Waals surface area contributed by atoms with Gasteiger partial charge in [0, 0.05) is 28.5 Å². The van der Waals surface area contributed by atoms with Crippen LogP contribution in [0.3, 0.4) is 0 Å². The van der Waals surface area contributed by atoms with Crippen LogP contribution in [0.1, 0.15) is 5.76 Å². The van der Waals surface area contributed by atoms with Crippen LogP contribution in [-0.2, 0) is 10.8 Å². The summed E-state index contributed by atoms with van der Waals surface area (Å²) in [7, 11) is 1.86. The first kappa shape index (κ1) is 14.3. The molecule has 0 saturated carbocycles. The van der Waals surface area contributed by atoms with Crippen LogP contribution in [0.25, 0.3) is 17.0 Å². The number of rotatable bonds is 4. The molecule has 2 rings (SSSR count). The van der Waals surface area contributed by atoms with E-state index in [0.29, 0.717) is 28.2 Å². The second-order valence-electron chi connectivity index (χ2n) is 3.99. The molecule has 1 aromatic heterocycles. The van der Waals surface area contributed by atoms with Gasteiger partial charge in [-0.05, 0) is 18.2 Å². The van der Waals surface area contributed by atoms with Crippen LogP contribution in [0, 0.1) is 0 Å². The van der Waals surface area contributed by atoms with Gasteiger partial charge in [-0.25, -0.2) is 0 Å². The van der Waals surface area contributed by atoms with Gasteiger partial charge in [0.15, 0.2) is 16.8 Å². The van der Waals surface area contributed by atoms with Crippen molar-refractivity contribution in [2.24, 2.45) is 0 Å². The summed E-state index contributed by atoms with van der Waals surface area (Å²) in [5, 5.41) is 1.84. The van der Waals surface area contributed by atoms with Crippen LogP contribution in [0.5, 0.6) is 11.5 Å². The zero-order valence-corrected chi connectivity index (χ0v) is 12.2. The zero-order chi connectivity index (χ0) is 14.7. The van der Waals surface area contributed by atoms with Crippen molar-refractivity contribution in [1.82, 2.24) is 0 Å². The minimum atomic E-state index is -1.12. The lowest BCUT2D eigenvalue weighted by Crippen LogP contribution is -2.02. The maximum atomic E-state index is 12.0. The molecule has 0 fully saturated rings. The van der Waals surface area contributed by atoms with Crippen molar-refractivity contribution in [3.8, 4) is 11.5 Å². The van der Waals surface area contributed by atoms with E-state index in [4.69, 9.17) is 13.9 Å². The van der Waals surface area contributed by atoms with E-state index in [9.17, 15) is 9.00 Å². The van der Waals surface area contributed by atoms with Crippen LogP contribution in [0.4, 0.5) is 0 Å². The van der Waals surface area contributed by atoms with Gasteiger partial charge >= 0.3 is 0 Å². The Morgan fingerprint density at radius 3 is 2.60 bits per heavy atom. The predicted octanol–water partition coefficient (Wildman–Crippen LogP) is 2.16. The van der Waals surface area contributed by atoms with E-state index in [2.05, 4.69) is 0 Å². The number of benzene rings is 1. The summed E-state index contributed by atoms with van der Waals surface area (Å²) in [4.78, 5) is 12.0. The average Bonchev–Trinajstić information content (AvgIpc) is 2.43. The molecule has 0 aliphatic heterocycles. The molecule has 106 valence electrons. The Bertz CT molecular complexity index is 745. The van der Waals surface area contributed by atoms with Gasteiger partial charge in [-0.1, -0.05) is 0 Å². The fourth-order valence-corrected chi connectivity index (χ4v) is 2.12. The monoisotopic (exact) mass is 294 g/mol. The second kappa shape index (κ2) is 5.92. The van der Waals surface area contributed by atoms with E-state index in [1.54, 1.807) is 12.1 Å². The van der Waals surface area contributed by atoms with Crippen LogP contribution < -0.4 is 14.9 Å². The molecule has 6 heteroatoms. The summed E-state index contributed by atoms with van der Waals surface area (Å²) in [5.41, 5.74) is 0.106. The summed E-state index contributed by atoms with van der Waals surface area (Å²) in [6.45, 7) is 0. The minimum Gasteiger partial charge on any atom is -0.493 e. The van der Waals surface area contributed by atoms with Crippen molar-refractivity contribution in [3.05, 3.63) is 39.6 Å². The lowest BCUT2D eigenvalue weighted by atomic mass is 10.2. The molecule has 0 N–H and O–H groups in total. The molecule has 0 aliphatic carbocycles. The van der Waals surface area contributed by atoms with Gasteiger partial charge in [0.1, 0.15) is 5.76 Å². The fourth-order valence-electron chi connectivity index (χ4n) is 1.79. The van der Waals surface area contributed by atoms with Crippen LogP contribution >= 0.6 is 0 Å². The van der Waals surface area contributed by atoms with Gasteiger partial charge in [-0.2, -0.15) is 0 Å². The molecule has 0 saturated heterocycles. The fraction of sp³-hybridized carbons (Fsp3) is 0.214. The number of ether oxygens (including phenoxy) is 2. The highest BCUT2D eigenvalue weighted by atomic mass is 32.2. The Labute approximate surface area is 118 Å². The zero-order valence-electron chi connectivity index (χ0n) is 11.3. The molecule has 0 spiro atoms. The van der Waals surface area contributed by atoms with Crippen LogP contribution in [-0.4, -0.2) is 24.7 Å². The number of hydrogen-bond acceptors (Lipinski definition) is 5. The second-order valence-corrected chi connectivity index (χ2v) is 5.26. The molecule has 1 heterocycles. The Morgan fingerprint density at radius 1 is 1.25 bits per heavy atom. The Kier molecular flexibility index (Phi) is 4.24. The lowest BCUT2D eigenvalue weighted by molar-refractivity contribution is 0.352. The Hall–Kier alpha value is -2.08. The highest BCUT2D eigenvalue weighted by Crippen LogP contribution is 2.34. The van der Waals surface area contributed by atoms with E-state index in [0.717, 1.165) is 0 Å². The third-order valence-electron chi connectivity index (χ3n) is 2.68. The molecule has 1 atom stereocenters. The first-order chi connectivity index (χ1) is 9.56. The molecule has 5 nitrogen and oxygen atoms in total. The molecule has 0 aliphatic rings. The van der Waals surface area contributed by atoms with Crippen LogP contribution in [0.15, 0.2) is 32.8 Å². The van der Waals surface area contributed by atoms with Gasteiger partial charge in [0.2, 0.25) is 5.75 Å². The van der Waals surface area contributed by atoms with Gasteiger partial charge in [-0.15, -0.1) is 0 Å². The summed E-state index contributed by atoms with van der Waals surface area (Å²) < 4.78 is 27.1. The number of hydrogen-bond donors (Lipinski definition) is 0. The van der Waals surface area contributed by atoms with Gasteiger partial charge in [0.05, 0.1) is 19.6 Å². The van der Waals surface area contributed by atoms with Crippen molar-refractivity contribution < 1.29 is 18.1 Å². The smallest absolute Gasteiger partial charge is 0.204 e. The molecule has 20 heavy (non-hydrogen) atoms. The highest BCUT2D eigenvalue weighted by Gasteiger charge is 2.14. The van der Waals surface area contributed by atoms with E-state index >= 15 is 0 Å². The first-order valence-electron chi connectivity index (χ1n) is 5.76. The number of fused-ring (bicyclic) bond motifs is 1. The quantitative estimate of drug-likeness (QED) is 0.864. The van der Waals surface area contributed by atoms with E-state index in [1.165, 1.54) is 38.0 Å². The molecule has 0 radical (unpaired) electrons. The summed E-state index contributed by atoms with van der Waals surface area (Å²) in [6, 6.07) is 4.61.